The number of hydrogen-bond acceptors (Lipinski definition) is 1. The van der Waals surface area contributed by atoms with E-state index < -0.39 is 0 Å². The van der Waals surface area contributed by atoms with Crippen molar-refractivity contribution >= 4 is 0 Å². The molecule has 0 amide bonds. The van der Waals surface area contributed by atoms with Crippen LogP contribution in [0.1, 0.15) is 26.7 Å². The molecular formula is C10H18O. The summed E-state index contributed by atoms with van der Waals surface area (Å²) in [6, 6.07) is 0. The van der Waals surface area contributed by atoms with Gasteiger partial charge in [0, 0.05) is 0 Å². The second-order valence-electron chi connectivity index (χ2n) is 3.87. The van der Waals surface area contributed by atoms with E-state index >= 15 is 0 Å². The van der Waals surface area contributed by atoms with Crippen LogP contribution in [0.5, 0.6) is 0 Å². The standard InChI is InChI=1S/C10H18O/c1-4-9-5-7(2)8(3)10(11)6-9/h4,7-11H,1,5-6H2,2-3H3. The van der Waals surface area contributed by atoms with Crippen molar-refractivity contribution in [2.24, 2.45) is 17.8 Å². The highest BCUT2D eigenvalue weighted by atomic mass is 16.3. The zero-order valence-electron chi connectivity index (χ0n) is 7.46. The smallest absolute Gasteiger partial charge is 0.0573 e. The van der Waals surface area contributed by atoms with Crippen molar-refractivity contribution in [2.45, 2.75) is 32.8 Å². The molecule has 1 nitrogen and oxygen atoms in total. The summed E-state index contributed by atoms with van der Waals surface area (Å²) in [5.74, 6) is 1.64. The second-order valence-corrected chi connectivity index (χ2v) is 3.87. The van der Waals surface area contributed by atoms with Crippen molar-refractivity contribution in [3.8, 4) is 0 Å². The zero-order valence-corrected chi connectivity index (χ0v) is 7.46. The van der Waals surface area contributed by atoms with Crippen LogP contribution in [-0.4, -0.2) is 11.2 Å². The minimum absolute atomic E-state index is 0.109. The topological polar surface area (TPSA) is 20.2 Å². The maximum absolute atomic E-state index is 9.60. The molecule has 1 aliphatic rings. The lowest BCUT2D eigenvalue weighted by Gasteiger charge is -2.34. The van der Waals surface area contributed by atoms with Crippen molar-refractivity contribution in [1.29, 1.82) is 0 Å². The third-order valence-corrected chi connectivity index (χ3v) is 3.06. The van der Waals surface area contributed by atoms with Gasteiger partial charge in [-0.1, -0.05) is 19.9 Å². The van der Waals surface area contributed by atoms with Crippen LogP contribution in [-0.2, 0) is 0 Å². The van der Waals surface area contributed by atoms with Crippen molar-refractivity contribution in [1.82, 2.24) is 0 Å². The van der Waals surface area contributed by atoms with E-state index in [0.717, 1.165) is 6.42 Å². The van der Waals surface area contributed by atoms with Gasteiger partial charge in [-0.25, -0.2) is 0 Å². The SMILES string of the molecule is C=CC1CC(C)C(C)C(O)C1. The predicted molar refractivity (Wildman–Crippen MR) is 47.3 cm³/mol. The quantitative estimate of drug-likeness (QED) is 0.574. The van der Waals surface area contributed by atoms with Gasteiger partial charge in [0.15, 0.2) is 0 Å². The number of hydrogen-bond donors (Lipinski definition) is 1. The average molecular weight is 154 g/mol. The molecule has 0 aromatic heterocycles. The third-order valence-electron chi connectivity index (χ3n) is 3.06. The zero-order chi connectivity index (χ0) is 8.43. The van der Waals surface area contributed by atoms with E-state index in [1.165, 1.54) is 6.42 Å². The summed E-state index contributed by atoms with van der Waals surface area (Å²) in [7, 11) is 0. The van der Waals surface area contributed by atoms with Gasteiger partial charge in [0.05, 0.1) is 6.10 Å². The average Bonchev–Trinajstić information content (AvgIpc) is 1.99. The number of aliphatic hydroxyl groups is 1. The first kappa shape index (κ1) is 8.79. The van der Waals surface area contributed by atoms with Crippen LogP contribution in [0.15, 0.2) is 12.7 Å². The molecule has 1 N–H and O–H groups in total. The van der Waals surface area contributed by atoms with E-state index in [4.69, 9.17) is 0 Å². The maximum atomic E-state index is 9.60. The van der Waals surface area contributed by atoms with Crippen molar-refractivity contribution < 1.29 is 5.11 Å². The Hall–Kier alpha value is -0.300. The highest BCUT2D eigenvalue weighted by Gasteiger charge is 2.29. The van der Waals surface area contributed by atoms with Crippen molar-refractivity contribution in [3.05, 3.63) is 12.7 Å². The summed E-state index contributed by atoms with van der Waals surface area (Å²) in [6.45, 7) is 8.11. The molecule has 1 rings (SSSR count). The van der Waals surface area contributed by atoms with Crippen LogP contribution in [0, 0.1) is 17.8 Å². The Bertz CT molecular complexity index is 130. The predicted octanol–water partition coefficient (Wildman–Crippen LogP) is 2.22. The van der Waals surface area contributed by atoms with Gasteiger partial charge in [-0.3, -0.25) is 0 Å². The first-order valence-electron chi connectivity index (χ1n) is 4.45. The molecule has 64 valence electrons. The summed E-state index contributed by atoms with van der Waals surface area (Å²) >= 11 is 0. The van der Waals surface area contributed by atoms with Crippen LogP contribution in [0.2, 0.25) is 0 Å². The van der Waals surface area contributed by atoms with Gasteiger partial charge < -0.3 is 5.11 Å². The fraction of sp³-hybridized carbons (Fsp3) is 0.800. The van der Waals surface area contributed by atoms with E-state index in [9.17, 15) is 5.11 Å². The van der Waals surface area contributed by atoms with Crippen LogP contribution in [0.4, 0.5) is 0 Å². The molecule has 0 aromatic carbocycles. The maximum Gasteiger partial charge on any atom is 0.0573 e. The van der Waals surface area contributed by atoms with Gasteiger partial charge >= 0.3 is 0 Å². The van der Waals surface area contributed by atoms with Gasteiger partial charge in [0.25, 0.3) is 0 Å². The number of rotatable bonds is 1. The highest BCUT2D eigenvalue weighted by molar-refractivity contribution is 4.89. The van der Waals surface area contributed by atoms with E-state index in [2.05, 4.69) is 20.4 Å². The lowest BCUT2D eigenvalue weighted by molar-refractivity contribution is 0.0321. The molecule has 0 spiro atoms. The van der Waals surface area contributed by atoms with Crippen molar-refractivity contribution in [2.75, 3.05) is 0 Å². The molecule has 1 aliphatic carbocycles. The molecule has 0 radical (unpaired) electrons. The fourth-order valence-corrected chi connectivity index (χ4v) is 1.88. The Balaban J connectivity index is 2.54. The third kappa shape index (κ3) is 1.84. The lowest BCUT2D eigenvalue weighted by Crippen LogP contribution is -2.32. The van der Waals surface area contributed by atoms with Gasteiger partial charge in [-0.2, -0.15) is 0 Å². The molecule has 4 atom stereocenters. The van der Waals surface area contributed by atoms with Crippen LogP contribution < -0.4 is 0 Å². The monoisotopic (exact) mass is 154 g/mol. The van der Waals surface area contributed by atoms with E-state index in [1.54, 1.807) is 0 Å². The molecule has 1 heteroatoms. The molecule has 1 fully saturated rings. The Morgan fingerprint density at radius 1 is 1.36 bits per heavy atom. The molecule has 1 saturated carbocycles. The molecule has 0 saturated heterocycles. The Morgan fingerprint density at radius 2 is 2.00 bits per heavy atom. The summed E-state index contributed by atoms with van der Waals surface area (Å²) < 4.78 is 0. The van der Waals surface area contributed by atoms with E-state index in [-0.39, 0.29) is 6.10 Å². The highest BCUT2D eigenvalue weighted by Crippen LogP contribution is 2.33. The Kier molecular flexibility index (Phi) is 2.72. The summed E-state index contributed by atoms with van der Waals surface area (Å²) in [6.07, 6.45) is 3.98. The Labute approximate surface area is 69.1 Å². The molecule has 0 aromatic rings. The number of allylic oxidation sites excluding steroid dienone is 1. The van der Waals surface area contributed by atoms with Gasteiger partial charge in [0.1, 0.15) is 0 Å². The van der Waals surface area contributed by atoms with Crippen LogP contribution >= 0.6 is 0 Å². The minimum atomic E-state index is -0.109. The summed E-state index contributed by atoms with van der Waals surface area (Å²) in [4.78, 5) is 0. The molecular weight excluding hydrogens is 136 g/mol. The lowest BCUT2D eigenvalue weighted by atomic mass is 9.74. The van der Waals surface area contributed by atoms with Crippen LogP contribution in [0.25, 0.3) is 0 Å². The van der Waals surface area contributed by atoms with Gasteiger partial charge in [-0.15, -0.1) is 6.58 Å². The first-order valence-corrected chi connectivity index (χ1v) is 4.45. The second kappa shape index (κ2) is 3.40. The number of aliphatic hydroxyl groups excluding tert-OH is 1. The molecule has 0 aliphatic heterocycles. The minimum Gasteiger partial charge on any atom is -0.393 e. The fourth-order valence-electron chi connectivity index (χ4n) is 1.88. The summed E-state index contributed by atoms with van der Waals surface area (Å²) in [5, 5.41) is 9.60. The van der Waals surface area contributed by atoms with Crippen LogP contribution in [0.3, 0.4) is 0 Å². The first-order chi connectivity index (χ1) is 5.15. The van der Waals surface area contributed by atoms with Gasteiger partial charge in [0.2, 0.25) is 0 Å². The molecule has 4 unspecified atom stereocenters. The molecule has 0 heterocycles. The molecule has 11 heavy (non-hydrogen) atoms. The van der Waals surface area contributed by atoms with Crippen molar-refractivity contribution in [3.63, 3.8) is 0 Å². The molecule has 0 bridgehead atoms. The normalized spacial score (nSPS) is 45.4. The summed E-state index contributed by atoms with van der Waals surface area (Å²) in [5.41, 5.74) is 0. The Morgan fingerprint density at radius 3 is 2.45 bits per heavy atom. The van der Waals surface area contributed by atoms with E-state index in [1.807, 2.05) is 6.08 Å². The van der Waals surface area contributed by atoms with E-state index in [0.29, 0.717) is 17.8 Å². The van der Waals surface area contributed by atoms with Gasteiger partial charge in [-0.05, 0) is 30.6 Å². The largest absolute Gasteiger partial charge is 0.393 e.